The van der Waals surface area contributed by atoms with Crippen molar-refractivity contribution in [3.05, 3.63) is 65.4 Å². The lowest BCUT2D eigenvalue weighted by Gasteiger charge is -2.13. The molecule has 4 nitrogen and oxygen atoms in total. The molecule has 0 aliphatic carbocycles. The highest BCUT2D eigenvalue weighted by molar-refractivity contribution is 5.84. The van der Waals surface area contributed by atoms with Crippen LogP contribution >= 0.6 is 0 Å². The van der Waals surface area contributed by atoms with Gasteiger partial charge in [0.15, 0.2) is 0 Å². The quantitative estimate of drug-likeness (QED) is 0.770. The Kier molecular flexibility index (Phi) is 3.44. The van der Waals surface area contributed by atoms with Crippen molar-refractivity contribution in [1.29, 1.82) is 0 Å². The first-order valence-corrected chi connectivity index (χ1v) is 6.86. The topological polar surface area (TPSA) is 66.0 Å². The number of carbonyl (C=O) groups is 1. The SMILES string of the molecule is Cc1n[nH]c2cc(C(Cc3ccccc3)C(=O)O)ccc12. The predicted octanol–water partition coefficient (Wildman–Crippen LogP) is 3.28. The molecular formula is C17H16N2O2. The van der Waals surface area contributed by atoms with Crippen LogP contribution in [0.25, 0.3) is 10.9 Å². The molecule has 0 amide bonds. The molecule has 1 atom stereocenters. The van der Waals surface area contributed by atoms with Gasteiger partial charge in [0.2, 0.25) is 0 Å². The summed E-state index contributed by atoms with van der Waals surface area (Å²) in [6, 6.07) is 15.4. The van der Waals surface area contributed by atoms with Crippen LogP contribution in [0, 0.1) is 6.92 Å². The monoisotopic (exact) mass is 280 g/mol. The molecule has 4 heteroatoms. The molecule has 0 saturated heterocycles. The van der Waals surface area contributed by atoms with Gasteiger partial charge in [-0.1, -0.05) is 42.5 Å². The van der Waals surface area contributed by atoms with Gasteiger partial charge in [-0.15, -0.1) is 0 Å². The minimum Gasteiger partial charge on any atom is -0.481 e. The second kappa shape index (κ2) is 5.40. The van der Waals surface area contributed by atoms with E-state index in [0.717, 1.165) is 27.7 Å². The second-order valence-corrected chi connectivity index (χ2v) is 5.19. The molecule has 0 aliphatic rings. The maximum Gasteiger partial charge on any atom is 0.311 e. The molecule has 106 valence electrons. The van der Waals surface area contributed by atoms with E-state index in [4.69, 9.17) is 0 Å². The van der Waals surface area contributed by atoms with E-state index in [1.54, 1.807) is 0 Å². The van der Waals surface area contributed by atoms with E-state index < -0.39 is 11.9 Å². The highest BCUT2D eigenvalue weighted by atomic mass is 16.4. The smallest absolute Gasteiger partial charge is 0.311 e. The summed E-state index contributed by atoms with van der Waals surface area (Å²) in [6.07, 6.45) is 0.481. The molecule has 0 saturated carbocycles. The summed E-state index contributed by atoms with van der Waals surface area (Å²) in [6.45, 7) is 1.93. The van der Waals surface area contributed by atoms with Crippen molar-refractivity contribution in [2.75, 3.05) is 0 Å². The van der Waals surface area contributed by atoms with E-state index in [2.05, 4.69) is 10.2 Å². The number of benzene rings is 2. The molecule has 1 aromatic heterocycles. The van der Waals surface area contributed by atoms with Gasteiger partial charge < -0.3 is 5.11 Å². The van der Waals surface area contributed by atoms with E-state index in [0.29, 0.717) is 6.42 Å². The summed E-state index contributed by atoms with van der Waals surface area (Å²) in [4.78, 5) is 11.6. The van der Waals surface area contributed by atoms with Crippen LogP contribution in [-0.4, -0.2) is 21.3 Å². The van der Waals surface area contributed by atoms with Gasteiger partial charge in [-0.05, 0) is 30.5 Å². The Balaban J connectivity index is 1.97. The van der Waals surface area contributed by atoms with Gasteiger partial charge in [0.25, 0.3) is 0 Å². The molecule has 2 N–H and O–H groups in total. The first-order chi connectivity index (χ1) is 10.1. The van der Waals surface area contributed by atoms with Crippen molar-refractivity contribution in [1.82, 2.24) is 10.2 Å². The highest BCUT2D eigenvalue weighted by Crippen LogP contribution is 2.25. The Bertz CT molecular complexity index is 778. The first-order valence-electron chi connectivity index (χ1n) is 6.86. The maximum absolute atomic E-state index is 11.6. The van der Waals surface area contributed by atoms with Crippen LogP contribution in [0.1, 0.15) is 22.7 Å². The van der Waals surface area contributed by atoms with Crippen LogP contribution in [-0.2, 0) is 11.2 Å². The third kappa shape index (κ3) is 2.65. The number of nitrogens with zero attached hydrogens (tertiary/aromatic N) is 1. The van der Waals surface area contributed by atoms with Crippen LogP contribution in [0.4, 0.5) is 0 Å². The Hall–Kier alpha value is -2.62. The molecule has 0 spiro atoms. The molecule has 1 heterocycles. The Morgan fingerprint density at radius 2 is 2.00 bits per heavy atom. The molecule has 0 fully saturated rings. The standard InChI is InChI=1S/C17H16N2O2/c1-11-14-8-7-13(10-16(14)19-18-11)15(17(20)21)9-12-5-3-2-4-6-12/h2-8,10,15H,9H2,1H3,(H,18,19)(H,20,21). The van der Waals surface area contributed by atoms with Crippen molar-refractivity contribution in [3.8, 4) is 0 Å². The van der Waals surface area contributed by atoms with Gasteiger partial charge in [0.05, 0.1) is 17.1 Å². The van der Waals surface area contributed by atoms with Crippen LogP contribution in [0.15, 0.2) is 48.5 Å². The van der Waals surface area contributed by atoms with Crippen LogP contribution in [0.5, 0.6) is 0 Å². The van der Waals surface area contributed by atoms with E-state index in [1.807, 2.05) is 55.5 Å². The molecule has 2 aromatic carbocycles. The summed E-state index contributed by atoms with van der Waals surface area (Å²) < 4.78 is 0. The largest absolute Gasteiger partial charge is 0.481 e. The summed E-state index contributed by atoms with van der Waals surface area (Å²) in [5.41, 5.74) is 3.61. The molecular weight excluding hydrogens is 264 g/mol. The lowest BCUT2D eigenvalue weighted by atomic mass is 9.91. The number of nitrogens with one attached hydrogen (secondary N) is 1. The predicted molar refractivity (Wildman–Crippen MR) is 81.4 cm³/mol. The summed E-state index contributed by atoms with van der Waals surface area (Å²) >= 11 is 0. The minimum atomic E-state index is -0.811. The number of carboxylic acid groups (broad SMARTS) is 1. The summed E-state index contributed by atoms with van der Waals surface area (Å²) in [5.74, 6) is -1.37. The van der Waals surface area contributed by atoms with Crippen LogP contribution < -0.4 is 0 Å². The van der Waals surface area contributed by atoms with Gasteiger partial charge in [-0.3, -0.25) is 9.89 Å². The highest BCUT2D eigenvalue weighted by Gasteiger charge is 2.21. The summed E-state index contributed by atoms with van der Waals surface area (Å²) in [7, 11) is 0. The van der Waals surface area contributed by atoms with Gasteiger partial charge in [-0.25, -0.2) is 0 Å². The lowest BCUT2D eigenvalue weighted by molar-refractivity contribution is -0.138. The first kappa shape index (κ1) is 13.4. The van der Waals surface area contributed by atoms with E-state index in [9.17, 15) is 9.90 Å². The van der Waals surface area contributed by atoms with E-state index in [1.165, 1.54) is 0 Å². The third-order valence-corrected chi connectivity index (χ3v) is 3.76. The van der Waals surface area contributed by atoms with Gasteiger partial charge in [0.1, 0.15) is 0 Å². The van der Waals surface area contributed by atoms with Gasteiger partial charge in [0, 0.05) is 5.39 Å². The molecule has 0 bridgehead atoms. The number of rotatable bonds is 4. The average Bonchev–Trinajstić information content (AvgIpc) is 2.86. The fourth-order valence-electron chi connectivity index (χ4n) is 2.59. The number of aryl methyl sites for hydroxylation is 1. The molecule has 3 aromatic rings. The number of H-pyrrole nitrogens is 1. The Morgan fingerprint density at radius 1 is 1.24 bits per heavy atom. The Labute approximate surface area is 122 Å². The lowest BCUT2D eigenvalue weighted by Crippen LogP contribution is -2.14. The summed E-state index contributed by atoms with van der Waals surface area (Å²) in [5, 5.41) is 17.7. The van der Waals surface area contributed by atoms with Crippen LogP contribution in [0.2, 0.25) is 0 Å². The Morgan fingerprint density at radius 3 is 2.71 bits per heavy atom. The number of carboxylic acids is 1. The van der Waals surface area contributed by atoms with Crippen molar-refractivity contribution in [3.63, 3.8) is 0 Å². The zero-order valence-electron chi connectivity index (χ0n) is 11.7. The maximum atomic E-state index is 11.6. The normalized spacial score (nSPS) is 12.4. The van der Waals surface area contributed by atoms with E-state index in [-0.39, 0.29) is 0 Å². The zero-order chi connectivity index (χ0) is 14.8. The molecule has 21 heavy (non-hydrogen) atoms. The van der Waals surface area contributed by atoms with E-state index >= 15 is 0 Å². The van der Waals surface area contributed by atoms with Crippen molar-refractivity contribution in [2.45, 2.75) is 19.3 Å². The number of aromatic amines is 1. The van der Waals surface area contributed by atoms with Crippen molar-refractivity contribution in [2.24, 2.45) is 0 Å². The zero-order valence-corrected chi connectivity index (χ0v) is 11.7. The van der Waals surface area contributed by atoms with Gasteiger partial charge >= 0.3 is 5.97 Å². The fourth-order valence-corrected chi connectivity index (χ4v) is 2.59. The fraction of sp³-hybridized carbons (Fsp3) is 0.176. The average molecular weight is 280 g/mol. The minimum absolute atomic E-state index is 0.481. The van der Waals surface area contributed by atoms with Crippen molar-refractivity contribution >= 4 is 16.9 Å². The van der Waals surface area contributed by atoms with Gasteiger partial charge in [-0.2, -0.15) is 5.10 Å². The number of fused-ring (bicyclic) bond motifs is 1. The molecule has 1 unspecified atom stereocenters. The van der Waals surface area contributed by atoms with Crippen LogP contribution in [0.3, 0.4) is 0 Å². The number of aromatic nitrogens is 2. The number of hydrogen-bond acceptors (Lipinski definition) is 2. The van der Waals surface area contributed by atoms with Crippen molar-refractivity contribution < 1.29 is 9.90 Å². The molecule has 0 radical (unpaired) electrons. The molecule has 3 rings (SSSR count). The third-order valence-electron chi connectivity index (χ3n) is 3.76. The number of aliphatic carboxylic acids is 1. The second-order valence-electron chi connectivity index (χ2n) is 5.19. The number of hydrogen-bond donors (Lipinski definition) is 2. The molecule has 0 aliphatic heterocycles.